The van der Waals surface area contributed by atoms with Crippen molar-refractivity contribution in [3.8, 4) is 0 Å². The Kier molecular flexibility index (Phi) is 6.56. The Balaban J connectivity index is 1.98. The molecule has 2 rings (SSSR count). The maximum Gasteiger partial charge on any atom is 0.0695 e. The topological polar surface area (TPSA) is 29.9 Å². The van der Waals surface area contributed by atoms with Gasteiger partial charge >= 0.3 is 0 Å². The van der Waals surface area contributed by atoms with Gasteiger partial charge < -0.3 is 5.32 Å². The number of rotatable bonds is 7. The van der Waals surface area contributed by atoms with Gasteiger partial charge in [0.1, 0.15) is 0 Å². The summed E-state index contributed by atoms with van der Waals surface area (Å²) < 4.78 is 3.31. The minimum absolute atomic E-state index is 0.417. The third kappa shape index (κ3) is 4.08. The smallest absolute Gasteiger partial charge is 0.0695 e. The lowest BCUT2D eigenvalue weighted by molar-refractivity contribution is 0.313. The van der Waals surface area contributed by atoms with Gasteiger partial charge in [-0.1, -0.05) is 39.0 Å². The molecule has 1 atom stereocenters. The van der Waals surface area contributed by atoms with Crippen LogP contribution in [0.15, 0.2) is 10.7 Å². The third-order valence-corrected chi connectivity index (χ3v) is 5.15. The molecule has 1 aromatic rings. The average molecular weight is 342 g/mol. The monoisotopic (exact) mass is 341 g/mol. The minimum atomic E-state index is 0.417. The van der Waals surface area contributed by atoms with Crippen LogP contribution < -0.4 is 5.32 Å². The molecule has 0 bridgehead atoms. The highest BCUT2D eigenvalue weighted by Crippen LogP contribution is 2.32. The van der Waals surface area contributed by atoms with Crippen molar-refractivity contribution in [2.24, 2.45) is 5.92 Å². The number of aryl methyl sites for hydroxylation is 1. The van der Waals surface area contributed by atoms with E-state index in [1.165, 1.54) is 50.6 Å². The summed E-state index contributed by atoms with van der Waals surface area (Å²) in [7, 11) is 2.07. The molecule has 1 unspecified atom stereocenters. The van der Waals surface area contributed by atoms with E-state index in [4.69, 9.17) is 0 Å². The molecule has 1 aliphatic carbocycles. The van der Waals surface area contributed by atoms with Crippen molar-refractivity contribution >= 4 is 15.9 Å². The van der Waals surface area contributed by atoms with Gasteiger partial charge in [-0.2, -0.15) is 5.10 Å². The van der Waals surface area contributed by atoms with Crippen molar-refractivity contribution < 1.29 is 0 Å². The van der Waals surface area contributed by atoms with E-state index in [9.17, 15) is 0 Å². The van der Waals surface area contributed by atoms with Gasteiger partial charge in [0, 0.05) is 6.54 Å². The number of nitrogens with one attached hydrogen (secondary N) is 1. The molecule has 0 spiro atoms. The number of hydrogen-bond acceptors (Lipinski definition) is 2. The summed E-state index contributed by atoms with van der Waals surface area (Å²) in [5, 5.41) is 7.99. The molecule has 0 aromatic carbocycles. The fourth-order valence-corrected chi connectivity index (χ4v) is 3.98. The highest BCUT2D eigenvalue weighted by molar-refractivity contribution is 9.10. The van der Waals surface area contributed by atoms with Gasteiger partial charge in [-0.05, 0) is 48.2 Å². The first-order valence-electron chi connectivity index (χ1n) is 8.14. The zero-order chi connectivity index (χ0) is 14.4. The Labute approximate surface area is 131 Å². The normalized spacial score (nSPS) is 18.4. The Hall–Kier alpha value is -0.350. The van der Waals surface area contributed by atoms with Crippen LogP contribution in [0.1, 0.15) is 70.0 Å². The molecule has 0 amide bonds. The van der Waals surface area contributed by atoms with Crippen LogP contribution in [0.2, 0.25) is 0 Å². The molecule has 1 N–H and O–H groups in total. The average Bonchev–Trinajstić information content (AvgIpc) is 2.83. The van der Waals surface area contributed by atoms with Crippen LogP contribution in [0.25, 0.3) is 0 Å². The van der Waals surface area contributed by atoms with Crippen molar-refractivity contribution in [1.29, 1.82) is 0 Å². The molecular formula is C16H28BrN3. The Morgan fingerprint density at radius 3 is 2.80 bits per heavy atom. The lowest BCUT2D eigenvalue weighted by Crippen LogP contribution is -2.22. The predicted octanol–water partition coefficient (Wildman–Crippen LogP) is 4.68. The number of nitrogens with zero attached hydrogens (tertiary/aromatic N) is 2. The van der Waals surface area contributed by atoms with E-state index in [0.717, 1.165) is 23.4 Å². The van der Waals surface area contributed by atoms with Gasteiger partial charge in [0.15, 0.2) is 0 Å². The van der Waals surface area contributed by atoms with E-state index in [2.05, 4.69) is 45.0 Å². The summed E-state index contributed by atoms with van der Waals surface area (Å²) in [4.78, 5) is 0. The summed E-state index contributed by atoms with van der Waals surface area (Å²) in [6, 6.07) is 0.417. The third-order valence-electron chi connectivity index (χ3n) is 4.54. The molecule has 1 aromatic heterocycles. The molecule has 0 radical (unpaired) electrons. The highest BCUT2D eigenvalue weighted by Gasteiger charge is 2.21. The summed E-state index contributed by atoms with van der Waals surface area (Å²) in [6.07, 6.45) is 12.8. The highest BCUT2D eigenvalue weighted by atomic mass is 79.9. The van der Waals surface area contributed by atoms with Gasteiger partial charge in [0.2, 0.25) is 0 Å². The molecule has 1 heterocycles. The first-order valence-corrected chi connectivity index (χ1v) is 8.94. The second-order valence-electron chi connectivity index (χ2n) is 6.02. The van der Waals surface area contributed by atoms with Crippen molar-refractivity contribution in [3.05, 3.63) is 16.4 Å². The van der Waals surface area contributed by atoms with E-state index in [-0.39, 0.29) is 0 Å². The zero-order valence-electron chi connectivity index (χ0n) is 12.9. The second kappa shape index (κ2) is 8.18. The molecule has 1 fully saturated rings. The Morgan fingerprint density at radius 2 is 2.15 bits per heavy atom. The molecule has 1 saturated carbocycles. The molecular weight excluding hydrogens is 314 g/mol. The maximum absolute atomic E-state index is 4.50. The summed E-state index contributed by atoms with van der Waals surface area (Å²) in [5.74, 6) is 0.945. The van der Waals surface area contributed by atoms with Gasteiger partial charge in [-0.15, -0.1) is 0 Å². The number of hydrogen-bond donors (Lipinski definition) is 1. The van der Waals surface area contributed by atoms with Crippen LogP contribution in [0, 0.1) is 5.92 Å². The first kappa shape index (κ1) is 16.0. The largest absolute Gasteiger partial charge is 0.312 e. The van der Waals surface area contributed by atoms with E-state index in [1.54, 1.807) is 0 Å². The van der Waals surface area contributed by atoms with Crippen molar-refractivity contribution in [3.63, 3.8) is 0 Å². The number of halogens is 1. The molecule has 20 heavy (non-hydrogen) atoms. The van der Waals surface area contributed by atoms with Crippen LogP contribution in [0.5, 0.6) is 0 Å². The van der Waals surface area contributed by atoms with Crippen LogP contribution >= 0.6 is 15.9 Å². The first-order chi connectivity index (χ1) is 9.76. The lowest BCUT2D eigenvalue weighted by atomic mass is 9.85. The summed E-state index contributed by atoms with van der Waals surface area (Å²) >= 11 is 3.67. The van der Waals surface area contributed by atoms with Gasteiger partial charge in [0.25, 0.3) is 0 Å². The van der Waals surface area contributed by atoms with E-state index >= 15 is 0 Å². The molecule has 0 saturated heterocycles. The number of aromatic nitrogens is 2. The van der Waals surface area contributed by atoms with Crippen LogP contribution in [-0.4, -0.2) is 16.8 Å². The zero-order valence-corrected chi connectivity index (χ0v) is 14.5. The predicted molar refractivity (Wildman–Crippen MR) is 87.8 cm³/mol. The minimum Gasteiger partial charge on any atom is -0.312 e. The molecule has 3 nitrogen and oxygen atoms in total. The fourth-order valence-electron chi connectivity index (χ4n) is 3.40. The van der Waals surface area contributed by atoms with Crippen molar-refractivity contribution in [2.45, 2.75) is 70.9 Å². The standard InChI is InChI=1S/C16H28BrN3/c1-3-11-20-16(14(17)12-19-20)15(18-2)10-9-13-7-5-4-6-8-13/h12-13,15,18H,3-11H2,1-2H3. The molecule has 0 aliphatic heterocycles. The lowest BCUT2D eigenvalue weighted by Gasteiger charge is -2.25. The van der Waals surface area contributed by atoms with Crippen LogP contribution in [-0.2, 0) is 6.54 Å². The quantitative estimate of drug-likeness (QED) is 0.780. The summed E-state index contributed by atoms with van der Waals surface area (Å²) in [6.45, 7) is 3.21. The van der Waals surface area contributed by atoms with Crippen LogP contribution in [0.4, 0.5) is 0 Å². The maximum atomic E-state index is 4.50. The second-order valence-corrected chi connectivity index (χ2v) is 6.88. The van der Waals surface area contributed by atoms with E-state index < -0.39 is 0 Å². The Morgan fingerprint density at radius 1 is 1.40 bits per heavy atom. The molecule has 4 heteroatoms. The SMILES string of the molecule is CCCn1ncc(Br)c1C(CCC1CCCCC1)NC. The van der Waals surface area contributed by atoms with Crippen LogP contribution in [0.3, 0.4) is 0 Å². The van der Waals surface area contributed by atoms with E-state index in [0.29, 0.717) is 6.04 Å². The Bertz CT molecular complexity index is 396. The van der Waals surface area contributed by atoms with Gasteiger partial charge in [-0.25, -0.2) is 0 Å². The van der Waals surface area contributed by atoms with Crippen molar-refractivity contribution in [2.75, 3.05) is 7.05 Å². The molecule has 114 valence electrons. The summed E-state index contributed by atoms with van der Waals surface area (Å²) in [5.41, 5.74) is 1.32. The van der Waals surface area contributed by atoms with Gasteiger partial charge in [-0.3, -0.25) is 4.68 Å². The van der Waals surface area contributed by atoms with E-state index in [1.807, 2.05) is 6.20 Å². The van der Waals surface area contributed by atoms with Crippen molar-refractivity contribution in [1.82, 2.24) is 15.1 Å². The fraction of sp³-hybridized carbons (Fsp3) is 0.812. The molecule has 1 aliphatic rings. The van der Waals surface area contributed by atoms with Gasteiger partial charge in [0.05, 0.1) is 22.4 Å².